The Kier molecular flexibility index (Phi) is 3.29. The molecule has 0 aliphatic carbocycles. The van der Waals surface area contributed by atoms with E-state index in [1.165, 1.54) is 18.8 Å². The van der Waals surface area contributed by atoms with Gasteiger partial charge in [-0.25, -0.2) is 4.79 Å². The molecule has 2 heterocycles. The lowest BCUT2D eigenvalue weighted by atomic mass is 10.1. The van der Waals surface area contributed by atoms with Crippen LogP contribution in [0.3, 0.4) is 0 Å². The molecule has 1 aromatic rings. The summed E-state index contributed by atoms with van der Waals surface area (Å²) in [7, 11) is 0. The Bertz CT molecular complexity index is 403. The fourth-order valence-corrected chi connectivity index (χ4v) is 2.30. The van der Waals surface area contributed by atoms with E-state index >= 15 is 0 Å². The molecule has 0 amide bonds. The predicted octanol–water partition coefficient (Wildman–Crippen LogP) is 2.42. The standard InChI is InChI=1S/C11H13ClN2O2/c12-9-7-13-6-8(11(15)16)10(9)14-4-2-1-3-5-14/h6-7H,1-5H2,(H,15,16). The van der Waals surface area contributed by atoms with Crippen LogP contribution in [0, 0.1) is 0 Å². The van der Waals surface area contributed by atoms with Crippen molar-refractivity contribution in [3.05, 3.63) is 23.0 Å². The first kappa shape index (κ1) is 11.2. The minimum Gasteiger partial charge on any atom is -0.478 e. The molecule has 0 aromatic carbocycles. The van der Waals surface area contributed by atoms with Gasteiger partial charge in [0, 0.05) is 25.5 Å². The van der Waals surface area contributed by atoms with Gasteiger partial charge in [0.25, 0.3) is 0 Å². The van der Waals surface area contributed by atoms with Crippen molar-refractivity contribution in [2.24, 2.45) is 0 Å². The number of anilines is 1. The van der Waals surface area contributed by atoms with Crippen LogP contribution in [0.25, 0.3) is 0 Å². The number of carboxylic acid groups (broad SMARTS) is 1. The number of nitrogens with zero attached hydrogens (tertiary/aromatic N) is 2. The number of carboxylic acids is 1. The maximum atomic E-state index is 11.1. The van der Waals surface area contributed by atoms with Crippen LogP contribution in [0.5, 0.6) is 0 Å². The maximum Gasteiger partial charge on any atom is 0.339 e. The Labute approximate surface area is 98.9 Å². The fraction of sp³-hybridized carbons (Fsp3) is 0.455. The molecular formula is C11H13ClN2O2. The SMILES string of the molecule is O=C(O)c1cncc(Cl)c1N1CCCCC1. The summed E-state index contributed by atoms with van der Waals surface area (Å²) in [6, 6.07) is 0. The van der Waals surface area contributed by atoms with Gasteiger partial charge in [-0.05, 0) is 19.3 Å². The van der Waals surface area contributed by atoms with Gasteiger partial charge in [0.1, 0.15) is 5.56 Å². The molecule has 0 spiro atoms. The molecule has 0 radical (unpaired) electrons. The number of halogens is 1. The van der Waals surface area contributed by atoms with Crippen molar-refractivity contribution in [3.8, 4) is 0 Å². The molecule has 1 aromatic heterocycles. The van der Waals surface area contributed by atoms with Crippen LogP contribution in [0.1, 0.15) is 29.6 Å². The summed E-state index contributed by atoms with van der Waals surface area (Å²) in [6.07, 6.45) is 6.22. The first-order chi connectivity index (χ1) is 7.70. The topological polar surface area (TPSA) is 53.4 Å². The van der Waals surface area contributed by atoms with Crippen LogP contribution in [0.2, 0.25) is 5.02 Å². The molecular weight excluding hydrogens is 228 g/mol. The van der Waals surface area contributed by atoms with Gasteiger partial charge in [0.2, 0.25) is 0 Å². The van der Waals surface area contributed by atoms with E-state index in [0.717, 1.165) is 25.9 Å². The normalized spacial score (nSPS) is 16.2. The lowest BCUT2D eigenvalue weighted by Gasteiger charge is -2.30. The first-order valence-electron chi connectivity index (χ1n) is 5.32. The third-order valence-electron chi connectivity index (χ3n) is 2.78. The van der Waals surface area contributed by atoms with Crippen LogP contribution in [-0.4, -0.2) is 29.1 Å². The van der Waals surface area contributed by atoms with E-state index in [9.17, 15) is 4.79 Å². The summed E-state index contributed by atoms with van der Waals surface area (Å²) >= 11 is 6.04. The quantitative estimate of drug-likeness (QED) is 0.863. The Balaban J connectivity index is 2.40. The van der Waals surface area contributed by atoms with E-state index in [1.807, 2.05) is 4.90 Å². The average Bonchev–Trinajstić information content (AvgIpc) is 2.29. The molecule has 0 atom stereocenters. The summed E-state index contributed by atoms with van der Waals surface area (Å²) in [4.78, 5) is 17.0. The van der Waals surface area contributed by atoms with Crippen LogP contribution in [0.15, 0.2) is 12.4 Å². The highest BCUT2D eigenvalue weighted by molar-refractivity contribution is 6.33. The maximum absolute atomic E-state index is 11.1. The summed E-state index contributed by atoms with van der Waals surface area (Å²) in [5, 5.41) is 9.51. The molecule has 16 heavy (non-hydrogen) atoms. The first-order valence-corrected chi connectivity index (χ1v) is 5.69. The third-order valence-corrected chi connectivity index (χ3v) is 3.05. The second-order valence-corrected chi connectivity index (χ2v) is 4.28. The van der Waals surface area contributed by atoms with Gasteiger partial charge in [-0.2, -0.15) is 0 Å². The Morgan fingerprint density at radius 3 is 2.62 bits per heavy atom. The fourth-order valence-electron chi connectivity index (χ4n) is 2.02. The Morgan fingerprint density at radius 2 is 2.00 bits per heavy atom. The lowest BCUT2D eigenvalue weighted by Crippen LogP contribution is -2.31. The van der Waals surface area contributed by atoms with Crippen LogP contribution >= 0.6 is 11.6 Å². The Hall–Kier alpha value is -1.29. The van der Waals surface area contributed by atoms with E-state index in [4.69, 9.17) is 16.7 Å². The predicted molar refractivity (Wildman–Crippen MR) is 62.3 cm³/mol. The second-order valence-electron chi connectivity index (χ2n) is 3.87. The molecule has 2 rings (SSSR count). The molecule has 0 unspecified atom stereocenters. The van der Waals surface area contributed by atoms with Crippen molar-refractivity contribution in [2.75, 3.05) is 18.0 Å². The number of carbonyl (C=O) groups is 1. The van der Waals surface area contributed by atoms with Crippen molar-refractivity contribution in [1.82, 2.24) is 4.98 Å². The number of aromatic carboxylic acids is 1. The zero-order chi connectivity index (χ0) is 11.5. The molecule has 0 bridgehead atoms. The number of piperidine rings is 1. The lowest BCUT2D eigenvalue weighted by molar-refractivity contribution is 0.0697. The van der Waals surface area contributed by atoms with Crippen molar-refractivity contribution in [1.29, 1.82) is 0 Å². The van der Waals surface area contributed by atoms with Gasteiger partial charge in [-0.3, -0.25) is 4.98 Å². The smallest absolute Gasteiger partial charge is 0.339 e. The summed E-state index contributed by atoms with van der Waals surface area (Å²) in [6.45, 7) is 1.73. The van der Waals surface area contributed by atoms with Crippen LogP contribution in [0.4, 0.5) is 5.69 Å². The van der Waals surface area contributed by atoms with E-state index in [0.29, 0.717) is 10.7 Å². The molecule has 1 aliphatic heterocycles. The number of aromatic nitrogens is 1. The van der Waals surface area contributed by atoms with Crippen LogP contribution in [-0.2, 0) is 0 Å². The molecule has 86 valence electrons. The van der Waals surface area contributed by atoms with E-state index in [-0.39, 0.29) is 5.56 Å². The van der Waals surface area contributed by atoms with E-state index < -0.39 is 5.97 Å². The van der Waals surface area contributed by atoms with Crippen molar-refractivity contribution < 1.29 is 9.90 Å². The molecule has 1 N–H and O–H groups in total. The molecule has 0 saturated carbocycles. The zero-order valence-electron chi connectivity index (χ0n) is 8.82. The third kappa shape index (κ3) is 2.11. The minimum atomic E-state index is -0.976. The molecule has 4 nitrogen and oxygen atoms in total. The molecule has 5 heteroatoms. The minimum absolute atomic E-state index is 0.189. The second kappa shape index (κ2) is 4.70. The van der Waals surface area contributed by atoms with Crippen molar-refractivity contribution in [2.45, 2.75) is 19.3 Å². The number of pyridine rings is 1. The van der Waals surface area contributed by atoms with Gasteiger partial charge in [0.15, 0.2) is 0 Å². The van der Waals surface area contributed by atoms with Gasteiger partial charge >= 0.3 is 5.97 Å². The number of hydrogen-bond donors (Lipinski definition) is 1. The highest BCUT2D eigenvalue weighted by Gasteiger charge is 2.21. The van der Waals surface area contributed by atoms with Crippen LogP contribution < -0.4 is 4.90 Å². The van der Waals surface area contributed by atoms with Gasteiger partial charge < -0.3 is 10.0 Å². The van der Waals surface area contributed by atoms with Gasteiger partial charge in [-0.1, -0.05) is 11.6 Å². The van der Waals surface area contributed by atoms with Crippen molar-refractivity contribution in [3.63, 3.8) is 0 Å². The highest BCUT2D eigenvalue weighted by atomic mass is 35.5. The molecule has 1 aliphatic rings. The zero-order valence-corrected chi connectivity index (χ0v) is 9.57. The van der Waals surface area contributed by atoms with Crippen molar-refractivity contribution >= 4 is 23.3 Å². The molecule has 1 saturated heterocycles. The largest absolute Gasteiger partial charge is 0.478 e. The number of rotatable bonds is 2. The average molecular weight is 241 g/mol. The summed E-state index contributed by atoms with van der Waals surface area (Å²) in [5.74, 6) is -0.976. The van der Waals surface area contributed by atoms with E-state index in [1.54, 1.807) is 0 Å². The van der Waals surface area contributed by atoms with Gasteiger partial charge in [0.05, 0.1) is 10.7 Å². The van der Waals surface area contributed by atoms with E-state index in [2.05, 4.69) is 4.98 Å². The van der Waals surface area contributed by atoms with Gasteiger partial charge in [-0.15, -0.1) is 0 Å². The summed E-state index contributed by atoms with van der Waals surface area (Å²) in [5.41, 5.74) is 0.804. The summed E-state index contributed by atoms with van der Waals surface area (Å²) < 4.78 is 0. The molecule has 1 fully saturated rings. The number of hydrogen-bond acceptors (Lipinski definition) is 3. The highest BCUT2D eigenvalue weighted by Crippen LogP contribution is 2.31. The monoisotopic (exact) mass is 240 g/mol. The Morgan fingerprint density at radius 1 is 1.31 bits per heavy atom.